The molecule has 124 valence electrons. The molecule has 1 aliphatic carbocycles. The molecule has 2 aliphatic heterocycles. The zero-order valence-corrected chi connectivity index (χ0v) is 13.9. The zero-order valence-electron chi connectivity index (χ0n) is 13.9. The van der Waals surface area contributed by atoms with Gasteiger partial charge in [0.15, 0.2) is 0 Å². The number of likely N-dealkylation sites (tertiary alicyclic amines) is 2. The molecule has 3 rings (SSSR count). The summed E-state index contributed by atoms with van der Waals surface area (Å²) in [6.07, 6.45) is 6.94. The second kappa shape index (κ2) is 6.57. The van der Waals surface area contributed by atoms with Gasteiger partial charge in [-0.15, -0.1) is 0 Å². The van der Waals surface area contributed by atoms with Gasteiger partial charge in [0.25, 0.3) is 0 Å². The van der Waals surface area contributed by atoms with Gasteiger partial charge in [-0.05, 0) is 57.9 Å². The minimum Gasteiger partial charge on any atom is -0.352 e. The standard InChI is InChI=1S/C17H29N3O2/c1-12(14-7-8-14)18-17(22)11-19-9-3-5-15(19)16-6-4-10-20(16)13(2)21/h12,14-16H,3-11H2,1-2H3,(H,18,22). The Morgan fingerprint density at radius 1 is 1.09 bits per heavy atom. The molecule has 2 heterocycles. The molecule has 5 nitrogen and oxygen atoms in total. The van der Waals surface area contributed by atoms with Gasteiger partial charge in [0.2, 0.25) is 11.8 Å². The van der Waals surface area contributed by atoms with Crippen LogP contribution in [0.25, 0.3) is 0 Å². The second-order valence-electron chi connectivity index (χ2n) is 7.30. The maximum atomic E-state index is 12.3. The monoisotopic (exact) mass is 307 g/mol. The predicted molar refractivity (Wildman–Crippen MR) is 85.3 cm³/mol. The minimum absolute atomic E-state index is 0.152. The Balaban J connectivity index is 1.55. The lowest BCUT2D eigenvalue weighted by Gasteiger charge is -2.34. The Hall–Kier alpha value is -1.10. The Morgan fingerprint density at radius 2 is 1.77 bits per heavy atom. The van der Waals surface area contributed by atoms with E-state index in [0.717, 1.165) is 38.8 Å². The Bertz CT molecular complexity index is 436. The summed E-state index contributed by atoms with van der Waals surface area (Å²) < 4.78 is 0. The number of hydrogen-bond donors (Lipinski definition) is 1. The van der Waals surface area contributed by atoms with Crippen LogP contribution in [0.2, 0.25) is 0 Å². The highest BCUT2D eigenvalue weighted by atomic mass is 16.2. The van der Waals surface area contributed by atoms with Crippen molar-refractivity contribution >= 4 is 11.8 Å². The smallest absolute Gasteiger partial charge is 0.234 e. The molecule has 3 unspecified atom stereocenters. The van der Waals surface area contributed by atoms with E-state index in [1.54, 1.807) is 6.92 Å². The van der Waals surface area contributed by atoms with E-state index in [4.69, 9.17) is 0 Å². The average Bonchev–Trinajstić information content (AvgIpc) is 3.03. The van der Waals surface area contributed by atoms with E-state index in [0.29, 0.717) is 30.6 Å². The number of amides is 2. The molecule has 5 heteroatoms. The fourth-order valence-corrected chi connectivity index (χ4v) is 4.27. The van der Waals surface area contributed by atoms with Crippen LogP contribution in [0, 0.1) is 5.92 Å². The number of carbonyl (C=O) groups excluding carboxylic acids is 2. The molecule has 0 aromatic carbocycles. The quantitative estimate of drug-likeness (QED) is 0.835. The first-order valence-corrected chi connectivity index (χ1v) is 8.87. The molecule has 3 aliphatic rings. The van der Waals surface area contributed by atoms with Crippen molar-refractivity contribution in [3.8, 4) is 0 Å². The van der Waals surface area contributed by atoms with Crippen molar-refractivity contribution in [3.63, 3.8) is 0 Å². The third-order valence-electron chi connectivity index (χ3n) is 5.63. The van der Waals surface area contributed by atoms with Gasteiger partial charge in [0.1, 0.15) is 0 Å². The van der Waals surface area contributed by atoms with Crippen LogP contribution in [0.1, 0.15) is 52.4 Å². The number of nitrogens with zero attached hydrogens (tertiary/aromatic N) is 2. The zero-order chi connectivity index (χ0) is 15.7. The van der Waals surface area contributed by atoms with Crippen LogP contribution in [0.15, 0.2) is 0 Å². The van der Waals surface area contributed by atoms with Crippen LogP contribution in [0.3, 0.4) is 0 Å². The molecule has 2 amide bonds. The Labute approximate surface area is 133 Å². The summed E-state index contributed by atoms with van der Waals surface area (Å²) in [5, 5.41) is 3.15. The average molecular weight is 307 g/mol. The van der Waals surface area contributed by atoms with Gasteiger partial charge < -0.3 is 10.2 Å². The first kappa shape index (κ1) is 15.8. The lowest BCUT2D eigenvalue weighted by molar-refractivity contribution is -0.130. The van der Waals surface area contributed by atoms with Gasteiger partial charge in [0.05, 0.1) is 6.54 Å². The van der Waals surface area contributed by atoms with Crippen LogP contribution in [0.5, 0.6) is 0 Å². The molecule has 0 bridgehead atoms. The Morgan fingerprint density at radius 3 is 2.45 bits per heavy atom. The molecule has 3 atom stereocenters. The molecule has 0 spiro atoms. The predicted octanol–water partition coefficient (Wildman–Crippen LogP) is 1.38. The van der Waals surface area contributed by atoms with Crippen molar-refractivity contribution in [1.29, 1.82) is 0 Å². The van der Waals surface area contributed by atoms with E-state index < -0.39 is 0 Å². The number of hydrogen-bond acceptors (Lipinski definition) is 3. The summed E-state index contributed by atoms with van der Waals surface area (Å²) in [7, 11) is 0. The second-order valence-corrected chi connectivity index (χ2v) is 7.30. The highest BCUT2D eigenvalue weighted by molar-refractivity contribution is 5.78. The number of carbonyl (C=O) groups is 2. The van der Waals surface area contributed by atoms with Gasteiger partial charge in [-0.2, -0.15) is 0 Å². The van der Waals surface area contributed by atoms with Crippen LogP contribution in [-0.4, -0.2) is 59.4 Å². The lowest BCUT2D eigenvalue weighted by Crippen LogP contribution is -2.50. The topological polar surface area (TPSA) is 52.7 Å². The Kier molecular flexibility index (Phi) is 4.71. The third-order valence-corrected chi connectivity index (χ3v) is 5.63. The van der Waals surface area contributed by atoms with E-state index in [1.807, 2.05) is 4.90 Å². The van der Waals surface area contributed by atoms with Gasteiger partial charge in [0, 0.05) is 31.6 Å². The summed E-state index contributed by atoms with van der Waals surface area (Å²) in [5.74, 6) is 1.03. The van der Waals surface area contributed by atoms with Crippen molar-refractivity contribution in [1.82, 2.24) is 15.1 Å². The van der Waals surface area contributed by atoms with Gasteiger partial charge in [-0.3, -0.25) is 14.5 Å². The maximum Gasteiger partial charge on any atom is 0.234 e. The van der Waals surface area contributed by atoms with Gasteiger partial charge in [-0.25, -0.2) is 0 Å². The van der Waals surface area contributed by atoms with Crippen molar-refractivity contribution in [2.75, 3.05) is 19.6 Å². The summed E-state index contributed by atoms with van der Waals surface area (Å²) in [6, 6.07) is 0.996. The van der Waals surface area contributed by atoms with Gasteiger partial charge >= 0.3 is 0 Å². The largest absolute Gasteiger partial charge is 0.352 e. The normalized spacial score (nSPS) is 30.5. The van der Waals surface area contributed by atoms with E-state index in [9.17, 15) is 9.59 Å². The van der Waals surface area contributed by atoms with Crippen LogP contribution >= 0.6 is 0 Å². The SMILES string of the molecule is CC(=O)N1CCCC1C1CCCN1CC(=O)NC(C)C1CC1. The van der Waals surface area contributed by atoms with E-state index in [-0.39, 0.29) is 11.8 Å². The fraction of sp³-hybridized carbons (Fsp3) is 0.882. The summed E-state index contributed by atoms with van der Waals surface area (Å²) in [6.45, 7) is 6.14. The summed E-state index contributed by atoms with van der Waals surface area (Å²) in [4.78, 5) is 28.4. The number of nitrogens with one attached hydrogen (secondary N) is 1. The molecule has 22 heavy (non-hydrogen) atoms. The van der Waals surface area contributed by atoms with Crippen molar-refractivity contribution < 1.29 is 9.59 Å². The molecular formula is C17H29N3O2. The molecule has 3 fully saturated rings. The summed E-state index contributed by atoms with van der Waals surface area (Å²) in [5.41, 5.74) is 0. The molecule has 1 saturated carbocycles. The van der Waals surface area contributed by atoms with Crippen LogP contribution < -0.4 is 5.32 Å². The fourth-order valence-electron chi connectivity index (χ4n) is 4.27. The molecule has 2 saturated heterocycles. The summed E-state index contributed by atoms with van der Waals surface area (Å²) >= 11 is 0. The van der Waals surface area contributed by atoms with Crippen molar-refractivity contribution in [2.24, 2.45) is 5.92 Å². The molecule has 0 radical (unpaired) electrons. The van der Waals surface area contributed by atoms with Crippen LogP contribution in [-0.2, 0) is 9.59 Å². The lowest BCUT2D eigenvalue weighted by atomic mass is 10.0. The first-order chi connectivity index (χ1) is 10.6. The molecule has 0 aromatic heterocycles. The first-order valence-electron chi connectivity index (χ1n) is 8.87. The number of rotatable bonds is 5. The molecular weight excluding hydrogens is 278 g/mol. The van der Waals surface area contributed by atoms with Gasteiger partial charge in [-0.1, -0.05) is 0 Å². The van der Waals surface area contributed by atoms with Crippen molar-refractivity contribution in [3.05, 3.63) is 0 Å². The van der Waals surface area contributed by atoms with Crippen LogP contribution in [0.4, 0.5) is 0 Å². The third kappa shape index (κ3) is 3.45. The molecule has 0 aromatic rings. The van der Waals surface area contributed by atoms with E-state index in [1.165, 1.54) is 12.8 Å². The minimum atomic E-state index is 0.152. The van der Waals surface area contributed by atoms with E-state index in [2.05, 4.69) is 17.1 Å². The molecule has 1 N–H and O–H groups in total. The highest BCUT2D eigenvalue weighted by Crippen LogP contribution is 2.32. The van der Waals surface area contributed by atoms with E-state index >= 15 is 0 Å². The maximum absolute atomic E-state index is 12.3. The highest BCUT2D eigenvalue weighted by Gasteiger charge is 2.39. The van der Waals surface area contributed by atoms with Crippen molar-refractivity contribution in [2.45, 2.75) is 70.5 Å².